The van der Waals surface area contributed by atoms with Crippen LogP contribution in [0.2, 0.25) is 0 Å². The molecule has 2 heterocycles. The number of H-pyrrole nitrogens is 1. The first-order valence-electron chi connectivity index (χ1n) is 10.1. The van der Waals surface area contributed by atoms with E-state index in [0.717, 1.165) is 39.7 Å². The number of ether oxygens (including phenoxy) is 1. The quantitative estimate of drug-likeness (QED) is 0.379. The van der Waals surface area contributed by atoms with Crippen molar-refractivity contribution in [3.05, 3.63) is 91.3 Å². The highest BCUT2D eigenvalue weighted by molar-refractivity contribution is 5.99. The lowest BCUT2D eigenvalue weighted by molar-refractivity contribution is 0.341. The number of pyridine rings is 1. The number of hydrogen-bond acceptors (Lipinski definition) is 3. The molecule has 0 unspecified atom stereocenters. The molecular formula is C26H21N3O. The van der Waals surface area contributed by atoms with Crippen LogP contribution in [0.3, 0.4) is 0 Å². The molecule has 5 aromatic rings. The molecule has 0 radical (unpaired) electrons. The van der Waals surface area contributed by atoms with E-state index in [-0.39, 0.29) is 0 Å². The fourth-order valence-electron chi connectivity index (χ4n) is 3.80. The van der Waals surface area contributed by atoms with E-state index in [2.05, 4.69) is 52.4 Å². The van der Waals surface area contributed by atoms with Gasteiger partial charge < -0.3 is 9.72 Å². The number of rotatable bonds is 5. The molecule has 0 spiro atoms. The van der Waals surface area contributed by atoms with E-state index in [0.29, 0.717) is 6.61 Å². The third-order valence-corrected chi connectivity index (χ3v) is 5.16. The Morgan fingerprint density at radius 1 is 0.800 bits per heavy atom. The number of aromatic amines is 1. The zero-order valence-corrected chi connectivity index (χ0v) is 16.7. The summed E-state index contributed by atoms with van der Waals surface area (Å²) in [5.74, 6) is 1.60. The first-order chi connectivity index (χ1) is 14.8. The second-order valence-electron chi connectivity index (χ2n) is 7.00. The summed E-state index contributed by atoms with van der Waals surface area (Å²) in [5.41, 5.74) is 4.97. The van der Waals surface area contributed by atoms with E-state index >= 15 is 0 Å². The molecule has 0 aliphatic carbocycles. The third kappa shape index (κ3) is 3.22. The summed E-state index contributed by atoms with van der Waals surface area (Å²) in [6, 6.07) is 26.7. The predicted molar refractivity (Wildman–Crippen MR) is 121 cm³/mol. The van der Waals surface area contributed by atoms with Gasteiger partial charge in [0, 0.05) is 23.5 Å². The van der Waals surface area contributed by atoms with Gasteiger partial charge in [0.1, 0.15) is 11.6 Å². The molecule has 0 saturated heterocycles. The van der Waals surface area contributed by atoms with Crippen LogP contribution in [0.15, 0.2) is 91.3 Å². The highest BCUT2D eigenvalue weighted by atomic mass is 16.5. The summed E-state index contributed by atoms with van der Waals surface area (Å²) >= 11 is 0. The van der Waals surface area contributed by atoms with Gasteiger partial charge in [-0.15, -0.1) is 0 Å². The van der Waals surface area contributed by atoms with E-state index in [9.17, 15) is 0 Å². The molecule has 30 heavy (non-hydrogen) atoms. The van der Waals surface area contributed by atoms with Gasteiger partial charge in [-0.3, -0.25) is 4.98 Å². The number of aromatic nitrogens is 3. The molecule has 4 nitrogen and oxygen atoms in total. The average molecular weight is 391 g/mol. The SMILES string of the molecule is CCOc1ccccc1-c1nc(-c2cccc3ccccc23)c(-c2ccncc2)[nH]1. The van der Waals surface area contributed by atoms with Gasteiger partial charge in [0.2, 0.25) is 0 Å². The number of nitrogens with zero attached hydrogens (tertiary/aromatic N) is 2. The second kappa shape index (κ2) is 7.84. The van der Waals surface area contributed by atoms with Gasteiger partial charge in [-0.05, 0) is 42.0 Å². The van der Waals surface area contributed by atoms with Crippen molar-refractivity contribution in [2.75, 3.05) is 6.61 Å². The lowest BCUT2D eigenvalue weighted by Gasteiger charge is -2.07. The Balaban J connectivity index is 1.77. The van der Waals surface area contributed by atoms with Crippen LogP contribution in [0.1, 0.15) is 6.92 Å². The largest absolute Gasteiger partial charge is 0.493 e. The lowest BCUT2D eigenvalue weighted by atomic mass is 9.99. The predicted octanol–water partition coefficient (Wildman–Crippen LogP) is 6.36. The fourth-order valence-corrected chi connectivity index (χ4v) is 3.80. The van der Waals surface area contributed by atoms with Crippen molar-refractivity contribution in [1.29, 1.82) is 0 Å². The van der Waals surface area contributed by atoms with E-state index in [1.165, 1.54) is 10.8 Å². The molecule has 2 aromatic heterocycles. The summed E-state index contributed by atoms with van der Waals surface area (Å²) in [5, 5.41) is 2.36. The fraction of sp³-hybridized carbons (Fsp3) is 0.0769. The molecule has 0 amide bonds. The zero-order chi connectivity index (χ0) is 20.3. The van der Waals surface area contributed by atoms with E-state index in [4.69, 9.17) is 9.72 Å². The first-order valence-corrected chi connectivity index (χ1v) is 10.1. The van der Waals surface area contributed by atoms with Crippen LogP contribution < -0.4 is 4.74 Å². The number of hydrogen-bond donors (Lipinski definition) is 1. The highest BCUT2D eigenvalue weighted by Crippen LogP contribution is 2.38. The minimum absolute atomic E-state index is 0.602. The minimum Gasteiger partial charge on any atom is -0.493 e. The van der Waals surface area contributed by atoms with E-state index < -0.39 is 0 Å². The van der Waals surface area contributed by atoms with Gasteiger partial charge in [-0.25, -0.2) is 4.98 Å². The van der Waals surface area contributed by atoms with Crippen LogP contribution in [0.5, 0.6) is 5.75 Å². The number of nitrogens with one attached hydrogen (secondary N) is 1. The van der Waals surface area contributed by atoms with Gasteiger partial charge in [0.15, 0.2) is 0 Å². The first kappa shape index (κ1) is 18.1. The highest BCUT2D eigenvalue weighted by Gasteiger charge is 2.18. The van der Waals surface area contributed by atoms with E-state index in [1.807, 2.05) is 43.3 Å². The molecule has 0 aliphatic rings. The maximum atomic E-state index is 5.85. The Morgan fingerprint density at radius 2 is 1.53 bits per heavy atom. The summed E-state index contributed by atoms with van der Waals surface area (Å²) < 4.78 is 5.85. The van der Waals surface area contributed by atoms with Crippen molar-refractivity contribution < 1.29 is 4.74 Å². The van der Waals surface area contributed by atoms with Crippen LogP contribution >= 0.6 is 0 Å². The molecule has 0 fully saturated rings. The normalized spacial score (nSPS) is 11.0. The van der Waals surface area contributed by atoms with Crippen LogP contribution in [-0.2, 0) is 0 Å². The standard InChI is InChI=1S/C26H21N3O/c1-2-30-23-13-6-5-11-22(23)26-28-24(19-14-16-27-17-15-19)25(29-26)21-12-7-9-18-8-3-4-10-20(18)21/h3-17H,2H2,1H3,(H,28,29). The molecule has 0 atom stereocenters. The minimum atomic E-state index is 0.602. The van der Waals surface area contributed by atoms with Crippen molar-refractivity contribution >= 4 is 10.8 Å². The summed E-state index contributed by atoms with van der Waals surface area (Å²) in [4.78, 5) is 12.8. The molecule has 146 valence electrons. The Labute approximate surface area is 175 Å². The van der Waals surface area contributed by atoms with Crippen molar-refractivity contribution in [1.82, 2.24) is 15.0 Å². The number of benzene rings is 3. The Kier molecular flexibility index (Phi) is 4.74. The molecule has 4 heteroatoms. The smallest absolute Gasteiger partial charge is 0.142 e. The number of para-hydroxylation sites is 1. The van der Waals surface area contributed by atoms with Crippen LogP contribution in [0.25, 0.3) is 44.7 Å². The zero-order valence-electron chi connectivity index (χ0n) is 16.7. The van der Waals surface area contributed by atoms with Crippen LogP contribution in [0.4, 0.5) is 0 Å². The van der Waals surface area contributed by atoms with Crippen LogP contribution in [-0.4, -0.2) is 21.6 Å². The van der Waals surface area contributed by atoms with Gasteiger partial charge >= 0.3 is 0 Å². The van der Waals surface area contributed by atoms with Crippen LogP contribution in [0, 0.1) is 0 Å². The maximum Gasteiger partial charge on any atom is 0.142 e. The molecule has 5 rings (SSSR count). The molecule has 1 N–H and O–H groups in total. The monoisotopic (exact) mass is 391 g/mol. The lowest BCUT2D eigenvalue weighted by Crippen LogP contribution is -1.94. The number of imidazole rings is 1. The second-order valence-corrected chi connectivity index (χ2v) is 7.00. The maximum absolute atomic E-state index is 5.85. The van der Waals surface area contributed by atoms with Crippen molar-refractivity contribution in [3.8, 4) is 39.7 Å². The molecule has 0 aliphatic heterocycles. The summed E-state index contributed by atoms with van der Waals surface area (Å²) in [7, 11) is 0. The molecule has 3 aromatic carbocycles. The van der Waals surface area contributed by atoms with Gasteiger partial charge in [0.05, 0.1) is 23.6 Å². The third-order valence-electron chi connectivity index (χ3n) is 5.16. The number of fused-ring (bicyclic) bond motifs is 1. The molecular weight excluding hydrogens is 370 g/mol. The molecule has 0 bridgehead atoms. The Hall–Kier alpha value is -3.92. The van der Waals surface area contributed by atoms with Crippen molar-refractivity contribution in [3.63, 3.8) is 0 Å². The Bertz CT molecular complexity index is 1300. The molecule has 0 saturated carbocycles. The summed E-state index contributed by atoms with van der Waals surface area (Å²) in [6.45, 7) is 2.59. The van der Waals surface area contributed by atoms with Gasteiger partial charge in [-0.2, -0.15) is 0 Å². The van der Waals surface area contributed by atoms with Crippen molar-refractivity contribution in [2.45, 2.75) is 6.92 Å². The van der Waals surface area contributed by atoms with Gasteiger partial charge in [-0.1, -0.05) is 54.6 Å². The van der Waals surface area contributed by atoms with Gasteiger partial charge in [0.25, 0.3) is 0 Å². The average Bonchev–Trinajstić information content (AvgIpc) is 3.25. The topological polar surface area (TPSA) is 50.8 Å². The van der Waals surface area contributed by atoms with E-state index in [1.54, 1.807) is 12.4 Å². The Morgan fingerprint density at radius 3 is 2.40 bits per heavy atom. The van der Waals surface area contributed by atoms with Crippen molar-refractivity contribution in [2.24, 2.45) is 0 Å². The summed E-state index contributed by atoms with van der Waals surface area (Å²) in [6.07, 6.45) is 3.60.